The smallest absolute Gasteiger partial charge is 0.280 e. The highest BCUT2D eigenvalue weighted by molar-refractivity contribution is 7.12. The molecule has 7 nitrogen and oxygen atoms in total. The Bertz CT molecular complexity index is 1010. The van der Waals surface area contributed by atoms with Gasteiger partial charge in [-0.3, -0.25) is 9.59 Å². The van der Waals surface area contributed by atoms with Crippen LogP contribution in [0.25, 0.3) is 11.3 Å². The van der Waals surface area contributed by atoms with Crippen molar-refractivity contribution in [2.75, 3.05) is 0 Å². The molecule has 150 valence electrons. The van der Waals surface area contributed by atoms with Crippen molar-refractivity contribution in [3.63, 3.8) is 0 Å². The van der Waals surface area contributed by atoms with Crippen LogP contribution in [0.15, 0.2) is 46.4 Å². The quantitative estimate of drug-likeness (QED) is 0.617. The number of aromatic nitrogens is 2. The molecule has 1 fully saturated rings. The molecule has 1 saturated carbocycles. The average molecular weight is 410 g/mol. The number of nitrogens with zero attached hydrogens (tertiary/aromatic N) is 2. The Labute approximate surface area is 172 Å². The number of oxazole rings is 1. The van der Waals surface area contributed by atoms with E-state index in [2.05, 4.69) is 20.6 Å². The molecule has 8 heteroatoms. The number of nitrogens with one attached hydrogen (secondary N) is 2. The van der Waals surface area contributed by atoms with Crippen molar-refractivity contribution in [3.05, 3.63) is 58.6 Å². The number of hydrogen-bond donors (Lipinski definition) is 2. The standard InChI is InChI=1S/C21H22N4O3S/c1-12(2)17(20-23-15(10-28-20)18(26)22-14-8-9-14)25-19(27)21-24-16(11-29-21)13-6-4-3-5-7-13/h3-7,10-12,14,17H,8-9H2,1-2H3,(H,22,26)(H,25,27)/t17-/m1/s1. The molecule has 1 atom stereocenters. The molecular weight excluding hydrogens is 388 g/mol. The maximum absolute atomic E-state index is 12.8. The Balaban J connectivity index is 1.47. The van der Waals surface area contributed by atoms with Crippen molar-refractivity contribution in [2.24, 2.45) is 5.92 Å². The monoisotopic (exact) mass is 410 g/mol. The SMILES string of the molecule is CC(C)[C@@H](NC(=O)c1nc(-c2ccccc2)cs1)c1nc(C(=O)NC2CC2)co1. The van der Waals surface area contributed by atoms with Gasteiger partial charge in [0.2, 0.25) is 5.89 Å². The molecule has 0 bridgehead atoms. The van der Waals surface area contributed by atoms with Crippen LogP contribution < -0.4 is 10.6 Å². The van der Waals surface area contributed by atoms with Gasteiger partial charge >= 0.3 is 0 Å². The first-order chi connectivity index (χ1) is 14.0. The second kappa shape index (κ2) is 8.16. The molecule has 1 aromatic carbocycles. The zero-order valence-corrected chi connectivity index (χ0v) is 17.0. The molecule has 29 heavy (non-hydrogen) atoms. The number of carbonyl (C=O) groups excluding carboxylic acids is 2. The number of thiazole rings is 1. The van der Waals surface area contributed by atoms with E-state index in [0.29, 0.717) is 10.9 Å². The van der Waals surface area contributed by atoms with Gasteiger partial charge in [-0.15, -0.1) is 11.3 Å². The maximum Gasteiger partial charge on any atom is 0.280 e. The Morgan fingerprint density at radius 1 is 1.14 bits per heavy atom. The van der Waals surface area contributed by atoms with Crippen molar-refractivity contribution in [1.82, 2.24) is 20.6 Å². The molecule has 0 radical (unpaired) electrons. The lowest BCUT2D eigenvalue weighted by Crippen LogP contribution is -2.32. The average Bonchev–Trinajstić information content (AvgIpc) is 3.21. The number of benzene rings is 1. The Kier molecular flexibility index (Phi) is 5.44. The van der Waals surface area contributed by atoms with E-state index in [0.717, 1.165) is 24.1 Å². The van der Waals surface area contributed by atoms with Crippen LogP contribution in [0.4, 0.5) is 0 Å². The van der Waals surface area contributed by atoms with Gasteiger partial charge in [-0.2, -0.15) is 0 Å². The number of carbonyl (C=O) groups is 2. The lowest BCUT2D eigenvalue weighted by Gasteiger charge is -2.18. The Morgan fingerprint density at radius 3 is 2.59 bits per heavy atom. The summed E-state index contributed by atoms with van der Waals surface area (Å²) in [6.07, 6.45) is 3.34. The molecule has 2 N–H and O–H groups in total. The second-order valence-electron chi connectivity index (χ2n) is 7.42. The molecule has 2 heterocycles. The maximum atomic E-state index is 12.8. The minimum Gasteiger partial charge on any atom is -0.446 e. The Hall–Kier alpha value is -3.00. The third kappa shape index (κ3) is 4.54. The van der Waals surface area contributed by atoms with Gasteiger partial charge in [-0.05, 0) is 18.8 Å². The zero-order valence-electron chi connectivity index (χ0n) is 16.2. The van der Waals surface area contributed by atoms with Crippen LogP contribution in [0.2, 0.25) is 0 Å². The van der Waals surface area contributed by atoms with E-state index < -0.39 is 6.04 Å². The van der Waals surface area contributed by atoms with Crippen molar-refractivity contribution >= 4 is 23.2 Å². The van der Waals surface area contributed by atoms with Gasteiger partial charge in [0, 0.05) is 17.0 Å². The summed E-state index contributed by atoms with van der Waals surface area (Å²) in [6, 6.07) is 9.49. The van der Waals surface area contributed by atoms with E-state index in [1.165, 1.54) is 17.6 Å². The largest absolute Gasteiger partial charge is 0.446 e. The van der Waals surface area contributed by atoms with E-state index in [9.17, 15) is 9.59 Å². The molecule has 2 amide bonds. The Morgan fingerprint density at radius 2 is 1.90 bits per heavy atom. The molecule has 0 aliphatic heterocycles. The summed E-state index contributed by atoms with van der Waals surface area (Å²) >= 11 is 1.29. The third-order valence-electron chi connectivity index (χ3n) is 4.65. The van der Waals surface area contributed by atoms with Gasteiger partial charge in [0.1, 0.15) is 12.3 Å². The normalized spacial score (nSPS) is 14.6. The highest BCUT2D eigenvalue weighted by atomic mass is 32.1. The van der Waals surface area contributed by atoms with E-state index >= 15 is 0 Å². The molecule has 0 spiro atoms. The van der Waals surface area contributed by atoms with Crippen LogP contribution in [0, 0.1) is 5.92 Å². The minimum atomic E-state index is -0.464. The van der Waals surface area contributed by atoms with Gasteiger partial charge in [0.15, 0.2) is 10.7 Å². The number of amides is 2. The van der Waals surface area contributed by atoms with Crippen molar-refractivity contribution in [1.29, 1.82) is 0 Å². The van der Waals surface area contributed by atoms with Crippen LogP contribution in [0.3, 0.4) is 0 Å². The van der Waals surface area contributed by atoms with Crippen molar-refractivity contribution < 1.29 is 14.0 Å². The molecule has 4 rings (SSSR count). The van der Waals surface area contributed by atoms with Crippen LogP contribution in [0.1, 0.15) is 58.9 Å². The summed E-state index contributed by atoms with van der Waals surface area (Å²) in [5.41, 5.74) is 1.95. The fourth-order valence-corrected chi connectivity index (χ4v) is 3.59. The lowest BCUT2D eigenvalue weighted by molar-refractivity contribution is 0.0915. The lowest BCUT2D eigenvalue weighted by atomic mass is 10.0. The van der Waals surface area contributed by atoms with E-state index in [4.69, 9.17) is 4.42 Å². The van der Waals surface area contributed by atoms with Gasteiger partial charge in [0.05, 0.1) is 5.69 Å². The molecular formula is C21H22N4O3S. The van der Waals surface area contributed by atoms with Gasteiger partial charge in [-0.1, -0.05) is 44.2 Å². The summed E-state index contributed by atoms with van der Waals surface area (Å²) < 4.78 is 5.52. The fourth-order valence-electron chi connectivity index (χ4n) is 2.86. The highest BCUT2D eigenvalue weighted by Gasteiger charge is 2.28. The first-order valence-corrected chi connectivity index (χ1v) is 10.5. The summed E-state index contributed by atoms with van der Waals surface area (Å²) in [4.78, 5) is 33.7. The number of rotatable bonds is 7. The van der Waals surface area contributed by atoms with E-state index in [1.807, 2.05) is 49.6 Å². The first-order valence-electron chi connectivity index (χ1n) is 9.59. The van der Waals surface area contributed by atoms with Gasteiger partial charge in [0.25, 0.3) is 11.8 Å². The second-order valence-corrected chi connectivity index (χ2v) is 8.28. The fraction of sp³-hybridized carbons (Fsp3) is 0.333. The van der Waals surface area contributed by atoms with Crippen LogP contribution in [-0.2, 0) is 0 Å². The van der Waals surface area contributed by atoms with Crippen molar-refractivity contribution in [2.45, 2.75) is 38.8 Å². The molecule has 1 aliphatic rings. The van der Waals surface area contributed by atoms with Gasteiger partial charge < -0.3 is 15.1 Å². The predicted molar refractivity (Wildman–Crippen MR) is 110 cm³/mol. The molecule has 3 aromatic rings. The topological polar surface area (TPSA) is 97.1 Å². The van der Waals surface area contributed by atoms with E-state index in [-0.39, 0.29) is 29.5 Å². The van der Waals surface area contributed by atoms with Crippen LogP contribution in [-0.4, -0.2) is 27.8 Å². The van der Waals surface area contributed by atoms with Crippen molar-refractivity contribution in [3.8, 4) is 11.3 Å². The summed E-state index contributed by atoms with van der Waals surface area (Å²) in [5, 5.41) is 8.05. The number of hydrogen-bond acceptors (Lipinski definition) is 6. The third-order valence-corrected chi connectivity index (χ3v) is 5.50. The first kappa shape index (κ1) is 19.3. The predicted octanol–water partition coefficient (Wildman–Crippen LogP) is 3.82. The van der Waals surface area contributed by atoms with Gasteiger partial charge in [-0.25, -0.2) is 9.97 Å². The summed E-state index contributed by atoms with van der Waals surface area (Å²) in [5.74, 6) is -0.207. The zero-order chi connectivity index (χ0) is 20.4. The minimum absolute atomic E-state index is 0.0190. The summed E-state index contributed by atoms with van der Waals surface area (Å²) in [7, 11) is 0. The van der Waals surface area contributed by atoms with Crippen LogP contribution >= 0.6 is 11.3 Å². The van der Waals surface area contributed by atoms with Crippen LogP contribution in [0.5, 0.6) is 0 Å². The molecule has 0 saturated heterocycles. The molecule has 2 aromatic heterocycles. The summed E-state index contributed by atoms with van der Waals surface area (Å²) in [6.45, 7) is 3.91. The van der Waals surface area contributed by atoms with E-state index in [1.54, 1.807) is 0 Å². The molecule has 1 aliphatic carbocycles. The highest BCUT2D eigenvalue weighted by Crippen LogP contribution is 2.25. The molecule has 0 unspecified atom stereocenters.